The predicted octanol–water partition coefficient (Wildman–Crippen LogP) is -2.35. The Labute approximate surface area is 143 Å². The Bertz CT molecular complexity index is 603. The van der Waals surface area contributed by atoms with Crippen molar-refractivity contribution in [2.75, 3.05) is 6.61 Å². The first kappa shape index (κ1) is 20.1. The number of aromatic amines is 1. The third-order valence-electron chi connectivity index (χ3n) is 3.27. The van der Waals surface area contributed by atoms with Crippen LogP contribution in [-0.4, -0.2) is 62.6 Å². The molecule has 0 aromatic carbocycles. The lowest BCUT2D eigenvalue weighted by molar-refractivity contribution is -0.137. The molecule has 1 aromatic rings. The van der Waals surface area contributed by atoms with Crippen LogP contribution in [0.15, 0.2) is 12.5 Å². The van der Waals surface area contributed by atoms with E-state index in [-0.39, 0.29) is 25.7 Å². The number of amides is 3. The van der Waals surface area contributed by atoms with Crippen LogP contribution in [0.3, 0.4) is 0 Å². The molecule has 11 heteroatoms. The minimum atomic E-state index is -1.28. The summed E-state index contributed by atoms with van der Waals surface area (Å²) in [5, 5.41) is 22.4. The number of aromatic nitrogens is 2. The number of primary amides is 1. The summed E-state index contributed by atoms with van der Waals surface area (Å²) < 4.78 is 0. The molecule has 0 aliphatic rings. The van der Waals surface area contributed by atoms with E-state index in [1.165, 1.54) is 12.5 Å². The number of aliphatic carboxylic acids is 1. The Hall–Kier alpha value is -2.95. The van der Waals surface area contributed by atoms with Crippen LogP contribution in [0.5, 0.6) is 0 Å². The molecule has 2 atom stereocenters. The van der Waals surface area contributed by atoms with Crippen LogP contribution in [-0.2, 0) is 25.6 Å². The maximum absolute atomic E-state index is 12.3. The molecule has 138 valence electrons. The summed E-state index contributed by atoms with van der Waals surface area (Å²) in [5.74, 6) is -3.16. The second kappa shape index (κ2) is 10.0. The molecule has 0 aliphatic carbocycles. The van der Waals surface area contributed by atoms with Gasteiger partial charge in [0.15, 0.2) is 0 Å². The molecule has 0 saturated heterocycles. The Kier molecular flexibility index (Phi) is 8.06. The van der Waals surface area contributed by atoms with Crippen LogP contribution >= 0.6 is 0 Å². The van der Waals surface area contributed by atoms with Gasteiger partial charge in [0.05, 0.1) is 12.9 Å². The number of rotatable bonds is 11. The van der Waals surface area contributed by atoms with Crippen molar-refractivity contribution in [3.63, 3.8) is 0 Å². The second-order valence-corrected chi connectivity index (χ2v) is 5.29. The summed E-state index contributed by atoms with van der Waals surface area (Å²) in [4.78, 5) is 52.4. The van der Waals surface area contributed by atoms with E-state index >= 15 is 0 Å². The minimum Gasteiger partial charge on any atom is -0.481 e. The summed E-state index contributed by atoms with van der Waals surface area (Å²) in [6, 6.07) is -2.33. The van der Waals surface area contributed by atoms with Crippen LogP contribution in [0.1, 0.15) is 25.0 Å². The standard InChI is InChI=1S/C14H21N5O6/c15-13(24)10(6-20)19-14(25)9(4-8-5-16-7-17-8)18-11(21)2-1-3-12(22)23/h5,7,9-10,20H,1-4,6H2,(H2,15,24)(H,16,17)(H,18,21)(H,19,25)(H,22,23). The minimum absolute atomic E-state index is 0.0629. The summed E-state index contributed by atoms with van der Waals surface area (Å²) >= 11 is 0. The van der Waals surface area contributed by atoms with Crippen LogP contribution in [0.4, 0.5) is 0 Å². The lowest BCUT2D eigenvalue weighted by Gasteiger charge is -2.20. The van der Waals surface area contributed by atoms with Crippen molar-refractivity contribution in [1.29, 1.82) is 0 Å². The molecule has 1 aromatic heterocycles. The van der Waals surface area contributed by atoms with Crippen molar-refractivity contribution in [3.05, 3.63) is 18.2 Å². The molecule has 25 heavy (non-hydrogen) atoms. The molecule has 0 fully saturated rings. The first-order chi connectivity index (χ1) is 11.8. The molecule has 0 radical (unpaired) electrons. The largest absolute Gasteiger partial charge is 0.481 e. The van der Waals surface area contributed by atoms with Crippen molar-refractivity contribution >= 4 is 23.7 Å². The van der Waals surface area contributed by atoms with Crippen LogP contribution in [0, 0.1) is 0 Å². The zero-order chi connectivity index (χ0) is 18.8. The number of carbonyl (C=O) groups is 4. The normalized spacial score (nSPS) is 12.8. The fourth-order valence-electron chi connectivity index (χ4n) is 1.97. The smallest absolute Gasteiger partial charge is 0.303 e. The molecule has 0 saturated carbocycles. The highest BCUT2D eigenvalue weighted by atomic mass is 16.4. The molecular formula is C14H21N5O6. The van der Waals surface area contributed by atoms with Gasteiger partial charge in [0.25, 0.3) is 0 Å². The lowest BCUT2D eigenvalue weighted by atomic mass is 10.1. The molecule has 3 amide bonds. The van der Waals surface area contributed by atoms with Crippen LogP contribution < -0.4 is 16.4 Å². The van der Waals surface area contributed by atoms with Gasteiger partial charge in [0.2, 0.25) is 17.7 Å². The van der Waals surface area contributed by atoms with E-state index in [2.05, 4.69) is 20.6 Å². The molecule has 0 aliphatic heterocycles. The number of aliphatic hydroxyl groups is 1. The summed E-state index contributed by atoms with van der Waals surface area (Å²) in [5.41, 5.74) is 5.61. The SMILES string of the molecule is NC(=O)C(CO)NC(=O)C(Cc1cnc[nH]1)NC(=O)CCCC(=O)O. The number of nitrogens with one attached hydrogen (secondary N) is 3. The van der Waals surface area contributed by atoms with E-state index in [0.717, 1.165) is 0 Å². The number of imidazole rings is 1. The van der Waals surface area contributed by atoms with Gasteiger partial charge in [-0.15, -0.1) is 0 Å². The number of carboxylic acids is 1. The molecule has 0 bridgehead atoms. The highest BCUT2D eigenvalue weighted by molar-refractivity contribution is 5.91. The van der Waals surface area contributed by atoms with Gasteiger partial charge in [-0.25, -0.2) is 4.98 Å². The van der Waals surface area contributed by atoms with Gasteiger partial charge in [-0.05, 0) is 6.42 Å². The van der Waals surface area contributed by atoms with Gasteiger partial charge >= 0.3 is 5.97 Å². The third kappa shape index (κ3) is 7.44. The number of H-pyrrole nitrogens is 1. The fraction of sp³-hybridized carbons (Fsp3) is 0.500. The maximum Gasteiger partial charge on any atom is 0.303 e. The number of aliphatic hydroxyl groups excluding tert-OH is 1. The first-order valence-corrected chi connectivity index (χ1v) is 7.52. The topological polar surface area (TPSA) is 188 Å². The number of hydrogen-bond acceptors (Lipinski definition) is 6. The lowest BCUT2D eigenvalue weighted by Crippen LogP contribution is -2.54. The number of nitrogens with zero attached hydrogens (tertiary/aromatic N) is 1. The monoisotopic (exact) mass is 355 g/mol. The molecular weight excluding hydrogens is 334 g/mol. The van der Waals surface area contributed by atoms with Gasteiger partial charge in [0, 0.05) is 31.2 Å². The van der Waals surface area contributed by atoms with Crippen molar-refractivity contribution < 1.29 is 29.4 Å². The number of nitrogens with two attached hydrogens (primary N) is 1. The van der Waals surface area contributed by atoms with E-state index in [0.29, 0.717) is 5.69 Å². The van der Waals surface area contributed by atoms with Gasteiger partial charge in [-0.1, -0.05) is 0 Å². The number of hydrogen-bond donors (Lipinski definition) is 6. The van der Waals surface area contributed by atoms with E-state index < -0.39 is 42.4 Å². The predicted molar refractivity (Wildman–Crippen MR) is 83.9 cm³/mol. The number of carboxylic acid groups (broad SMARTS) is 1. The van der Waals surface area contributed by atoms with E-state index in [1.54, 1.807) is 0 Å². The molecule has 2 unspecified atom stereocenters. The summed E-state index contributed by atoms with van der Waals surface area (Å²) in [6.45, 7) is -0.676. The van der Waals surface area contributed by atoms with Gasteiger partial charge in [-0.3, -0.25) is 19.2 Å². The highest BCUT2D eigenvalue weighted by Gasteiger charge is 2.25. The average molecular weight is 355 g/mol. The summed E-state index contributed by atoms with van der Waals surface area (Å²) in [7, 11) is 0. The second-order valence-electron chi connectivity index (χ2n) is 5.29. The zero-order valence-electron chi connectivity index (χ0n) is 13.4. The van der Waals surface area contributed by atoms with E-state index in [1.807, 2.05) is 0 Å². The van der Waals surface area contributed by atoms with Crippen LogP contribution in [0.2, 0.25) is 0 Å². The van der Waals surface area contributed by atoms with Crippen molar-refractivity contribution in [2.45, 2.75) is 37.8 Å². The fourth-order valence-corrected chi connectivity index (χ4v) is 1.97. The Morgan fingerprint density at radius 2 is 1.92 bits per heavy atom. The molecule has 11 nitrogen and oxygen atoms in total. The third-order valence-corrected chi connectivity index (χ3v) is 3.27. The molecule has 0 spiro atoms. The van der Waals surface area contributed by atoms with Gasteiger partial charge < -0.3 is 31.6 Å². The van der Waals surface area contributed by atoms with Crippen molar-refractivity contribution in [2.24, 2.45) is 5.73 Å². The Morgan fingerprint density at radius 3 is 2.44 bits per heavy atom. The van der Waals surface area contributed by atoms with Crippen molar-refractivity contribution in [1.82, 2.24) is 20.6 Å². The highest BCUT2D eigenvalue weighted by Crippen LogP contribution is 2.02. The molecule has 7 N–H and O–H groups in total. The number of carbonyl (C=O) groups excluding carboxylic acids is 3. The quantitative estimate of drug-likeness (QED) is 0.256. The zero-order valence-corrected chi connectivity index (χ0v) is 13.4. The molecule has 1 heterocycles. The average Bonchev–Trinajstić information content (AvgIpc) is 3.04. The van der Waals surface area contributed by atoms with Gasteiger partial charge in [-0.2, -0.15) is 0 Å². The Balaban J connectivity index is 2.71. The van der Waals surface area contributed by atoms with E-state index in [9.17, 15) is 19.2 Å². The Morgan fingerprint density at radius 1 is 1.20 bits per heavy atom. The van der Waals surface area contributed by atoms with E-state index in [4.69, 9.17) is 15.9 Å². The van der Waals surface area contributed by atoms with Gasteiger partial charge in [0.1, 0.15) is 12.1 Å². The summed E-state index contributed by atoms with van der Waals surface area (Å²) in [6.07, 6.45) is 2.82. The first-order valence-electron chi connectivity index (χ1n) is 7.52. The molecule has 1 rings (SSSR count). The van der Waals surface area contributed by atoms with Crippen molar-refractivity contribution in [3.8, 4) is 0 Å². The van der Waals surface area contributed by atoms with Crippen LogP contribution in [0.25, 0.3) is 0 Å². The maximum atomic E-state index is 12.3.